The highest BCUT2D eigenvalue weighted by Crippen LogP contribution is 2.48. The van der Waals surface area contributed by atoms with E-state index in [1.165, 1.54) is 37.6 Å². The molecule has 2 saturated carbocycles. The van der Waals surface area contributed by atoms with Gasteiger partial charge in [-0.15, -0.1) is 0 Å². The highest BCUT2D eigenvalue weighted by Gasteiger charge is 2.44. The van der Waals surface area contributed by atoms with Gasteiger partial charge in [0.05, 0.1) is 10.8 Å². The third kappa shape index (κ3) is 4.01. The zero-order valence-corrected chi connectivity index (χ0v) is 14.8. The fraction of sp³-hybridized carbons (Fsp3) is 0.529. The molecule has 4 atom stereocenters. The lowest BCUT2D eigenvalue weighted by molar-refractivity contribution is -0.158. The number of carbonyl (C=O) groups is 2. The normalized spacial score (nSPS) is 26.2. The van der Waals surface area contributed by atoms with Crippen molar-refractivity contribution in [1.29, 1.82) is 0 Å². The number of hydrogen-bond acceptors (Lipinski definition) is 5. The topological polar surface area (TPSA) is 116 Å². The fourth-order valence-corrected chi connectivity index (χ4v) is 4.40. The molecule has 2 fully saturated rings. The SMILES string of the molecule is CC(OC(=O)C1CC2CCC1C2)C(=O)Nc1cccc(S(N)(=O)=O)c1. The Labute approximate surface area is 147 Å². The zero-order chi connectivity index (χ0) is 18.2. The summed E-state index contributed by atoms with van der Waals surface area (Å²) >= 11 is 0. The molecule has 8 heteroatoms. The molecule has 0 saturated heterocycles. The summed E-state index contributed by atoms with van der Waals surface area (Å²) in [5, 5.41) is 7.62. The van der Waals surface area contributed by atoms with E-state index in [9.17, 15) is 18.0 Å². The number of fused-ring (bicyclic) bond motifs is 2. The number of carbonyl (C=O) groups excluding carboxylic acids is 2. The predicted octanol–water partition coefficient (Wildman–Crippen LogP) is 1.64. The predicted molar refractivity (Wildman–Crippen MR) is 90.9 cm³/mol. The Hall–Kier alpha value is -1.93. The van der Waals surface area contributed by atoms with Crippen molar-refractivity contribution in [2.45, 2.75) is 43.6 Å². The number of nitrogens with one attached hydrogen (secondary N) is 1. The molecule has 0 aromatic heterocycles. The second-order valence-corrected chi connectivity index (χ2v) is 8.48. The van der Waals surface area contributed by atoms with Gasteiger partial charge in [0.25, 0.3) is 5.91 Å². The first-order valence-corrected chi connectivity index (χ1v) is 9.93. The van der Waals surface area contributed by atoms with Gasteiger partial charge < -0.3 is 10.1 Å². The van der Waals surface area contributed by atoms with Gasteiger partial charge in [-0.25, -0.2) is 13.6 Å². The van der Waals surface area contributed by atoms with Crippen LogP contribution in [0, 0.1) is 17.8 Å². The summed E-state index contributed by atoms with van der Waals surface area (Å²) in [5.41, 5.74) is 0.277. The van der Waals surface area contributed by atoms with Crippen LogP contribution in [0.5, 0.6) is 0 Å². The Kier molecular flexibility index (Phi) is 4.83. The van der Waals surface area contributed by atoms with Crippen molar-refractivity contribution in [3.05, 3.63) is 24.3 Å². The van der Waals surface area contributed by atoms with Crippen molar-refractivity contribution in [1.82, 2.24) is 0 Å². The molecule has 2 aliphatic carbocycles. The third-order valence-electron chi connectivity index (χ3n) is 5.13. The molecule has 0 aliphatic heterocycles. The maximum Gasteiger partial charge on any atom is 0.309 e. The summed E-state index contributed by atoms with van der Waals surface area (Å²) in [4.78, 5) is 24.4. The van der Waals surface area contributed by atoms with Gasteiger partial charge in [-0.05, 0) is 56.2 Å². The number of rotatable bonds is 5. The molecule has 7 nitrogen and oxygen atoms in total. The molecular weight excluding hydrogens is 344 g/mol. The summed E-state index contributed by atoms with van der Waals surface area (Å²) in [6.45, 7) is 1.50. The summed E-state index contributed by atoms with van der Waals surface area (Å²) < 4.78 is 28.0. The monoisotopic (exact) mass is 366 g/mol. The molecule has 136 valence electrons. The van der Waals surface area contributed by atoms with E-state index in [4.69, 9.17) is 9.88 Å². The lowest BCUT2D eigenvalue weighted by Gasteiger charge is -2.22. The van der Waals surface area contributed by atoms with Crippen LogP contribution >= 0.6 is 0 Å². The molecule has 2 aliphatic rings. The molecule has 1 aromatic carbocycles. The van der Waals surface area contributed by atoms with Crippen molar-refractivity contribution in [3.63, 3.8) is 0 Å². The number of nitrogens with two attached hydrogens (primary N) is 1. The number of esters is 1. The van der Waals surface area contributed by atoms with Gasteiger partial charge in [0, 0.05) is 5.69 Å². The third-order valence-corrected chi connectivity index (χ3v) is 6.04. The van der Waals surface area contributed by atoms with E-state index in [-0.39, 0.29) is 22.5 Å². The summed E-state index contributed by atoms with van der Waals surface area (Å²) in [5.74, 6) is 0.0859. The highest BCUT2D eigenvalue weighted by molar-refractivity contribution is 7.89. The van der Waals surface area contributed by atoms with E-state index in [1.807, 2.05) is 0 Å². The Bertz CT molecular complexity index is 792. The average Bonchev–Trinajstić information content (AvgIpc) is 3.17. The summed E-state index contributed by atoms with van der Waals surface area (Å²) in [7, 11) is -3.85. The average molecular weight is 366 g/mol. The second-order valence-electron chi connectivity index (χ2n) is 6.92. The number of sulfonamides is 1. The van der Waals surface area contributed by atoms with E-state index in [0.29, 0.717) is 11.8 Å². The van der Waals surface area contributed by atoms with Crippen LogP contribution in [0.25, 0.3) is 0 Å². The molecule has 1 aromatic rings. The van der Waals surface area contributed by atoms with Gasteiger partial charge in [-0.3, -0.25) is 9.59 Å². The number of anilines is 1. The smallest absolute Gasteiger partial charge is 0.309 e. The molecule has 0 heterocycles. The number of benzene rings is 1. The van der Waals surface area contributed by atoms with Crippen molar-refractivity contribution in [2.75, 3.05) is 5.32 Å². The minimum absolute atomic E-state index is 0.0975. The Morgan fingerprint density at radius 2 is 2.04 bits per heavy atom. The van der Waals surface area contributed by atoms with E-state index in [0.717, 1.165) is 19.3 Å². The van der Waals surface area contributed by atoms with E-state index in [1.54, 1.807) is 0 Å². The van der Waals surface area contributed by atoms with Crippen molar-refractivity contribution < 1.29 is 22.7 Å². The minimum Gasteiger partial charge on any atom is -0.452 e. The molecule has 0 radical (unpaired) electrons. The van der Waals surface area contributed by atoms with Gasteiger partial charge in [0.15, 0.2) is 6.10 Å². The molecule has 3 rings (SSSR count). The van der Waals surface area contributed by atoms with Crippen LogP contribution < -0.4 is 10.5 Å². The molecular formula is C17H22N2O5S. The van der Waals surface area contributed by atoms with Crippen LogP contribution in [0.4, 0.5) is 5.69 Å². The van der Waals surface area contributed by atoms with Gasteiger partial charge in [-0.1, -0.05) is 12.5 Å². The first-order valence-electron chi connectivity index (χ1n) is 8.38. The van der Waals surface area contributed by atoms with Crippen LogP contribution in [0.2, 0.25) is 0 Å². The Balaban J connectivity index is 1.58. The number of primary sulfonamides is 1. The minimum atomic E-state index is -3.85. The van der Waals surface area contributed by atoms with Crippen LogP contribution in [0.3, 0.4) is 0 Å². The largest absolute Gasteiger partial charge is 0.452 e. The first kappa shape index (κ1) is 17.9. The quantitative estimate of drug-likeness (QED) is 0.769. The van der Waals surface area contributed by atoms with Crippen LogP contribution in [-0.2, 0) is 24.3 Å². The molecule has 25 heavy (non-hydrogen) atoms. The van der Waals surface area contributed by atoms with Crippen LogP contribution in [0.15, 0.2) is 29.2 Å². The second kappa shape index (κ2) is 6.76. The summed E-state index contributed by atoms with van der Waals surface area (Å²) in [6, 6.07) is 5.61. The highest BCUT2D eigenvalue weighted by atomic mass is 32.2. The maximum absolute atomic E-state index is 12.3. The maximum atomic E-state index is 12.3. The van der Waals surface area contributed by atoms with Gasteiger partial charge >= 0.3 is 5.97 Å². The van der Waals surface area contributed by atoms with E-state index < -0.39 is 22.0 Å². The lowest BCUT2D eigenvalue weighted by atomic mass is 9.89. The van der Waals surface area contributed by atoms with E-state index in [2.05, 4.69) is 5.32 Å². The fourth-order valence-electron chi connectivity index (χ4n) is 3.84. The van der Waals surface area contributed by atoms with Crippen molar-refractivity contribution >= 4 is 27.6 Å². The van der Waals surface area contributed by atoms with Gasteiger partial charge in [0.1, 0.15) is 0 Å². The number of amides is 1. The van der Waals surface area contributed by atoms with Gasteiger partial charge in [-0.2, -0.15) is 0 Å². The van der Waals surface area contributed by atoms with E-state index >= 15 is 0 Å². The zero-order valence-electron chi connectivity index (χ0n) is 14.0. The summed E-state index contributed by atoms with van der Waals surface area (Å²) in [6.07, 6.45) is 3.23. The Morgan fingerprint density at radius 3 is 2.64 bits per heavy atom. The standard InChI is InChI=1S/C17H22N2O5S/c1-10(24-17(21)15-8-11-5-6-12(15)7-11)16(20)19-13-3-2-4-14(9-13)25(18,22)23/h2-4,9-12,15H,5-8H2,1H3,(H,19,20)(H2,18,22,23). The molecule has 0 spiro atoms. The van der Waals surface area contributed by atoms with Crippen molar-refractivity contribution in [2.24, 2.45) is 22.9 Å². The van der Waals surface area contributed by atoms with Crippen LogP contribution in [-0.4, -0.2) is 26.4 Å². The molecule has 2 bridgehead atoms. The Morgan fingerprint density at radius 1 is 1.28 bits per heavy atom. The number of ether oxygens (including phenoxy) is 1. The number of hydrogen-bond donors (Lipinski definition) is 2. The van der Waals surface area contributed by atoms with Gasteiger partial charge in [0.2, 0.25) is 10.0 Å². The van der Waals surface area contributed by atoms with Crippen molar-refractivity contribution in [3.8, 4) is 0 Å². The van der Waals surface area contributed by atoms with Crippen LogP contribution in [0.1, 0.15) is 32.6 Å². The lowest BCUT2D eigenvalue weighted by Crippen LogP contribution is -2.33. The molecule has 3 N–H and O–H groups in total. The molecule has 1 amide bonds. The molecule has 4 unspecified atom stereocenters. The first-order chi connectivity index (χ1) is 11.7.